The number of hydrogen-bond donors (Lipinski definition) is 1. The zero-order chi connectivity index (χ0) is 26.3. The summed E-state index contributed by atoms with van der Waals surface area (Å²) in [6, 6.07) is 15.9. The normalized spacial score (nSPS) is 12.3. The Kier molecular flexibility index (Phi) is 12.5. The van der Waals surface area contributed by atoms with E-state index in [9.17, 15) is 14.4 Å². The highest BCUT2D eigenvalue weighted by atomic mass is 16.6. The van der Waals surface area contributed by atoms with Crippen molar-refractivity contribution in [2.45, 2.75) is 58.5 Å². The van der Waals surface area contributed by atoms with Crippen LogP contribution >= 0.6 is 0 Å². The zero-order valence-electron chi connectivity index (χ0n) is 21.7. The Hall–Kier alpha value is -3.39. The van der Waals surface area contributed by atoms with E-state index in [4.69, 9.17) is 14.2 Å². The van der Waals surface area contributed by atoms with Gasteiger partial charge in [0.05, 0.1) is 19.8 Å². The minimum Gasteiger partial charge on any atom is -0.465 e. The quantitative estimate of drug-likeness (QED) is 0.307. The number of carbonyl (C=O) groups is 3. The summed E-state index contributed by atoms with van der Waals surface area (Å²) in [6.07, 6.45) is 1.52. The van der Waals surface area contributed by atoms with Crippen LogP contribution in [0.15, 0.2) is 54.6 Å². The van der Waals surface area contributed by atoms with Gasteiger partial charge in [-0.1, -0.05) is 48.5 Å². The molecule has 8 heteroatoms. The van der Waals surface area contributed by atoms with E-state index in [0.29, 0.717) is 31.4 Å². The molecule has 0 radical (unpaired) electrons. The molecular weight excluding hydrogens is 460 g/mol. The van der Waals surface area contributed by atoms with Crippen molar-refractivity contribution < 1.29 is 28.6 Å². The number of ether oxygens (including phenoxy) is 3. The van der Waals surface area contributed by atoms with Crippen LogP contribution in [0.4, 0.5) is 10.5 Å². The fourth-order valence-corrected chi connectivity index (χ4v) is 3.89. The number of carbonyl (C=O) groups excluding carboxylic acids is 3. The van der Waals surface area contributed by atoms with Crippen LogP contribution in [0.2, 0.25) is 0 Å². The summed E-state index contributed by atoms with van der Waals surface area (Å²) in [5, 5.41) is 3.20. The lowest BCUT2D eigenvalue weighted by atomic mass is 10.0. The number of benzene rings is 2. The molecule has 8 nitrogen and oxygen atoms in total. The van der Waals surface area contributed by atoms with E-state index < -0.39 is 30.1 Å². The van der Waals surface area contributed by atoms with Crippen molar-refractivity contribution >= 4 is 23.7 Å². The molecule has 0 spiro atoms. The van der Waals surface area contributed by atoms with Gasteiger partial charge in [0.1, 0.15) is 12.1 Å². The predicted molar refractivity (Wildman–Crippen MR) is 139 cm³/mol. The number of amides is 1. The van der Waals surface area contributed by atoms with Crippen molar-refractivity contribution in [1.29, 1.82) is 0 Å². The van der Waals surface area contributed by atoms with Gasteiger partial charge < -0.3 is 14.2 Å². The number of para-hydroxylation sites is 1. The first-order chi connectivity index (χ1) is 17.4. The Morgan fingerprint density at radius 1 is 0.750 bits per heavy atom. The first-order valence-corrected chi connectivity index (χ1v) is 12.5. The molecule has 1 amide bonds. The fourth-order valence-electron chi connectivity index (χ4n) is 3.89. The van der Waals surface area contributed by atoms with Gasteiger partial charge in [0.2, 0.25) is 0 Å². The molecule has 0 bridgehead atoms. The summed E-state index contributed by atoms with van der Waals surface area (Å²) < 4.78 is 15.7. The third-order valence-corrected chi connectivity index (χ3v) is 5.71. The number of nitrogens with one attached hydrogen (secondary N) is 1. The Labute approximate surface area is 213 Å². The molecule has 0 saturated heterocycles. The maximum absolute atomic E-state index is 12.8. The molecule has 0 heterocycles. The number of hydrogen-bond acceptors (Lipinski definition) is 7. The zero-order valence-corrected chi connectivity index (χ0v) is 21.7. The highest BCUT2D eigenvalue weighted by molar-refractivity contribution is 5.88. The fraction of sp³-hybridized carbons (Fsp3) is 0.464. The van der Waals surface area contributed by atoms with Crippen LogP contribution in [0.5, 0.6) is 0 Å². The van der Waals surface area contributed by atoms with Gasteiger partial charge in [-0.2, -0.15) is 0 Å². The van der Waals surface area contributed by atoms with Gasteiger partial charge in [0, 0.05) is 12.7 Å². The molecule has 0 aliphatic heterocycles. The Balaban J connectivity index is 2.19. The molecular formula is C28H38N2O6. The standard InChI is InChI=1S/C28H38N2O6/c1-5-34-26(31)23(19-17-21-13-9-8-10-14-21)29-24(27(32)35-6-2)20-18-22-15-11-12-16-25(22)30(4)28(33)36-7-3/h8-16,23-24,29H,5-7,17-20H2,1-4H3. The molecule has 196 valence electrons. The van der Waals surface area contributed by atoms with Gasteiger partial charge in [0.25, 0.3) is 0 Å². The lowest BCUT2D eigenvalue weighted by Gasteiger charge is -2.25. The molecule has 0 aromatic heterocycles. The van der Waals surface area contributed by atoms with E-state index in [1.54, 1.807) is 27.8 Å². The lowest BCUT2D eigenvalue weighted by molar-refractivity contribution is -0.149. The third-order valence-electron chi connectivity index (χ3n) is 5.71. The van der Waals surface area contributed by atoms with Crippen molar-refractivity contribution in [3.8, 4) is 0 Å². The molecule has 0 aliphatic carbocycles. The highest BCUT2D eigenvalue weighted by Crippen LogP contribution is 2.22. The Bertz CT molecular complexity index is 966. The van der Waals surface area contributed by atoms with Crippen LogP contribution in [-0.4, -0.2) is 57.0 Å². The summed E-state index contributed by atoms with van der Waals surface area (Å²) in [6.45, 7) is 6.01. The van der Waals surface area contributed by atoms with Crippen LogP contribution in [0, 0.1) is 0 Å². The van der Waals surface area contributed by atoms with Gasteiger partial charge >= 0.3 is 18.0 Å². The Morgan fingerprint density at radius 3 is 1.86 bits per heavy atom. The van der Waals surface area contributed by atoms with Crippen LogP contribution in [0.3, 0.4) is 0 Å². The maximum atomic E-state index is 12.8. The molecule has 0 saturated carbocycles. The van der Waals surface area contributed by atoms with Crippen molar-refractivity contribution in [2.24, 2.45) is 0 Å². The predicted octanol–water partition coefficient (Wildman–Crippen LogP) is 4.30. The second kappa shape index (κ2) is 15.6. The van der Waals surface area contributed by atoms with Crippen LogP contribution in [0.1, 0.15) is 44.7 Å². The summed E-state index contributed by atoms with van der Waals surface area (Å²) >= 11 is 0. The van der Waals surface area contributed by atoms with Gasteiger partial charge in [0.15, 0.2) is 0 Å². The van der Waals surface area contributed by atoms with Crippen molar-refractivity contribution in [1.82, 2.24) is 5.32 Å². The SMILES string of the molecule is CCOC(=O)C(CCc1ccccc1)NC(CCc1ccccc1N(C)C(=O)OCC)C(=O)OCC. The monoisotopic (exact) mass is 498 g/mol. The number of nitrogens with zero attached hydrogens (tertiary/aromatic N) is 1. The number of aryl methyl sites for hydroxylation is 2. The van der Waals surface area contributed by atoms with Crippen LogP contribution in [-0.2, 0) is 36.6 Å². The summed E-state index contributed by atoms with van der Waals surface area (Å²) in [4.78, 5) is 39.3. The largest absolute Gasteiger partial charge is 0.465 e. The molecule has 2 atom stereocenters. The summed E-state index contributed by atoms with van der Waals surface area (Å²) in [7, 11) is 1.65. The van der Waals surface area contributed by atoms with Crippen molar-refractivity contribution in [3.05, 3.63) is 65.7 Å². The first-order valence-electron chi connectivity index (χ1n) is 12.5. The summed E-state index contributed by atoms with van der Waals surface area (Å²) in [5.41, 5.74) is 2.67. The van der Waals surface area contributed by atoms with Gasteiger partial charge in [-0.25, -0.2) is 4.79 Å². The molecule has 2 rings (SSSR count). The average Bonchev–Trinajstić information content (AvgIpc) is 2.89. The van der Waals surface area contributed by atoms with Gasteiger partial charge in [-0.3, -0.25) is 19.8 Å². The van der Waals surface area contributed by atoms with Crippen molar-refractivity contribution in [2.75, 3.05) is 31.8 Å². The second-order valence-electron chi connectivity index (χ2n) is 8.23. The Morgan fingerprint density at radius 2 is 1.28 bits per heavy atom. The smallest absolute Gasteiger partial charge is 0.414 e. The molecule has 1 N–H and O–H groups in total. The van der Waals surface area contributed by atoms with E-state index >= 15 is 0 Å². The van der Waals surface area contributed by atoms with Gasteiger partial charge in [-0.15, -0.1) is 0 Å². The molecule has 0 aliphatic rings. The van der Waals surface area contributed by atoms with Gasteiger partial charge in [-0.05, 0) is 63.6 Å². The average molecular weight is 499 g/mol. The topological polar surface area (TPSA) is 94.2 Å². The van der Waals surface area contributed by atoms with E-state index in [1.807, 2.05) is 54.6 Å². The third kappa shape index (κ3) is 9.00. The van der Waals surface area contributed by atoms with Crippen LogP contribution in [0.25, 0.3) is 0 Å². The summed E-state index contributed by atoms with van der Waals surface area (Å²) in [5.74, 6) is -0.826. The number of anilines is 1. The first kappa shape index (κ1) is 28.8. The molecule has 0 fully saturated rings. The van der Waals surface area contributed by atoms with E-state index in [-0.39, 0.29) is 19.8 Å². The van der Waals surface area contributed by atoms with E-state index in [2.05, 4.69) is 5.32 Å². The number of esters is 2. The minimum absolute atomic E-state index is 0.229. The molecule has 2 aromatic carbocycles. The number of rotatable bonds is 14. The van der Waals surface area contributed by atoms with E-state index in [1.165, 1.54) is 4.90 Å². The van der Waals surface area contributed by atoms with Crippen LogP contribution < -0.4 is 10.2 Å². The second-order valence-corrected chi connectivity index (χ2v) is 8.23. The van der Waals surface area contributed by atoms with E-state index in [0.717, 1.165) is 11.1 Å². The lowest BCUT2D eigenvalue weighted by Crippen LogP contribution is -2.49. The molecule has 2 unspecified atom stereocenters. The van der Waals surface area contributed by atoms with Crippen molar-refractivity contribution in [3.63, 3.8) is 0 Å². The molecule has 36 heavy (non-hydrogen) atoms. The molecule has 2 aromatic rings. The maximum Gasteiger partial charge on any atom is 0.414 e. The minimum atomic E-state index is -0.726. The highest BCUT2D eigenvalue weighted by Gasteiger charge is 2.28.